The highest BCUT2D eigenvalue weighted by molar-refractivity contribution is 5.95. The van der Waals surface area contributed by atoms with Crippen LogP contribution in [0.15, 0.2) is 42.5 Å². The van der Waals surface area contributed by atoms with Crippen LogP contribution in [0.4, 0.5) is 0 Å². The Morgan fingerprint density at radius 1 is 0.964 bits per heavy atom. The summed E-state index contributed by atoms with van der Waals surface area (Å²) in [6.07, 6.45) is 0.524. The number of hydrogen-bond donors (Lipinski definition) is 2. The number of carbonyl (C=O) groups excluding carboxylic acids is 1. The molecule has 0 aliphatic heterocycles. The van der Waals surface area contributed by atoms with Gasteiger partial charge in [-0.25, -0.2) is 4.98 Å². The quantitative estimate of drug-likeness (QED) is 0.621. The summed E-state index contributed by atoms with van der Waals surface area (Å²) in [5.41, 5.74) is 1.35. The molecule has 1 amide bonds. The number of nitrogens with zero attached hydrogens (tertiary/aromatic N) is 2. The molecule has 1 aromatic heterocycles. The van der Waals surface area contributed by atoms with E-state index in [2.05, 4.69) is 20.5 Å². The van der Waals surface area contributed by atoms with E-state index in [0.717, 1.165) is 11.3 Å². The van der Waals surface area contributed by atoms with Gasteiger partial charge in [-0.3, -0.25) is 9.89 Å². The molecule has 2 aromatic carbocycles. The summed E-state index contributed by atoms with van der Waals surface area (Å²) in [5, 5.41) is 9.98. The van der Waals surface area contributed by atoms with Crippen LogP contribution in [-0.2, 0) is 6.42 Å². The highest BCUT2D eigenvalue weighted by Gasteiger charge is 2.11. The first-order chi connectivity index (χ1) is 13.6. The zero-order chi connectivity index (χ0) is 19.9. The third-order valence-electron chi connectivity index (χ3n) is 4.14. The van der Waals surface area contributed by atoms with Crippen molar-refractivity contribution in [1.29, 1.82) is 0 Å². The van der Waals surface area contributed by atoms with E-state index in [1.54, 1.807) is 39.5 Å². The zero-order valence-corrected chi connectivity index (χ0v) is 16.0. The Balaban J connectivity index is 1.58. The van der Waals surface area contributed by atoms with Crippen LogP contribution in [0.2, 0.25) is 0 Å². The third-order valence-corrected chi connectivity index (χ3v) is 4.14. The number of hydrogen-bond acceptors (Lipinski definition) is 6. The van der Waals surface area contributed by atoms with Crippen LogP contribution in [0.1, 0.15) is 16.2 Å². The highest BCUT2D eigenvalue weighted by Crippen LogP contribution is 2.22. The normalized spacial score (nSPS) is 10.4. The van der Waals surface area contributed by atoms with E-state index in [0.29, 0.717) is 41.7 Å². The van der Waals surface area contributed by atoms with Crippen molar-refractivity contribution in [2.75, 3.05) is 27.9 Å². The highest BCUT2D eigenvalue weighted by atomic mass is 16.5. The molecule has 1 heterocycles. The maximum absolute atomic E-state index is 12.4. The summed E-state index contributed by atoms with van der Waals surface area (Å²) in [6, 6.07) is 12.5. The van der Waals surface area contributed by atoms with E-state index in [9.17, 15) is 4.79 Å². The number of rotatable bonds is 8. The van der Waals surface area contributed by atoms with Crippen molar-refractivity contribution < 1.29 is 19.0 Å². The molecule has 0 spiro atoms. The number of benzene rings is 2. The van der Waals surface area contributed by atoms with Crippen molar-refractivity contribution >= 4 is 5.91 Å². The van der Waals surface area contributed by atoms with Crippen LogP contribution in [0.3, 0.4) is 0 Å². The summed E-state index contributed by atoms with van der Waals surface area (Å²) >= 11 is 0. The Morgan fingerprint density at radius 2 is 1.61 bits per heavy atom. The lowest BCUT2D eigenvalue weighted by molar-refractivity contribution is 0.0953. The summed E-state index contributed by atoms with van der Waals surface area (Å²) < 4.78 is 15.5. The van der Waals surface area contributed by atoms with Gasteiger partial charge in [0.05, 0.1) is 21.3 Å². The van der Waals surface area contributed by atoms with Crippen LogP contribution in [0.5, 0.6) is 17.2 Å². The van der Waals surface area contributed by atoms with Gasteiger partial charge in [0.25, 0.3) is 5.91 Å². The maximum Gasteiger partial charge on any atom is 0.251 e. The molecule has 3 aromatic rings. The van der Waals surface area contributed by atoms with Crippen LogP contribution >= 0.6 is 0 Å². The molecule has 146 valence electrons. The Labute approximate surface area is 162 Å². The summed E-state index contributed by atoms with van der Waals surface area (Å²) in [5.74, 6) is 2.96. The van der Waals surface area contributed by atoms with Gasteiger partial charge < -0.3 is 19.5 Å². The second-order valence-electron chi connectivity index (χ2n) is 5.94. The summed E-state index contributed by atoms with van der Waals surface area (Å²) in [7, 11) is 4.71. The lowest BCUT2D eigenvalue weighted by atomic mass is 10.2. The fraction of sp³-hybridized carbons (Fsp3) is 0.250. The number of methoxy groups -OCH3 is 3. The summed E-state index contributed by atoms with van der Waals surface area (Å²) in [6.45, 7) is 0.412. The van der Waals surface area contributed by atoms with E-state index < -0.39 is 0 Å². The van der Waals surface area contributed by atoms with Gasteiger partial charge in [-0.2, -0.15) is 5.10 Å². The van der Waals surface area contributed by atoms with E-state index in [-0.39, 0.29) is 5.91 Å². The van der Waals surface area contributed by atoms with Crippen molar-refractivity contribution in [3.8, 4) is 28.6 Å². The Kier molecular flexibility index (Phi) is 6.11. The van der Waals surface area contributed by atoms with Gasteiger partial charge in [-0.05, 0) is 36.4 Å². The van der Waals surface area contributed by atoms with Crippen molar-refractivity contribution in [3.05, 3.63) is 53.9 Å². The maximum atomic E-state index is 12.4. The lowest BCUT2D eigenvalue weighted by Gasteiger charge is -2.08. The Hall–Kier alpha value is -3.55. The molecule has 8 nitrogen and oxygen atoms in total. The first-order valence-electron chi connectivity index (χ1n) is 8.70. The Bertz CT molecular complexity index is 915. The third kappa shape index (κ3) is 4.59. The van der Waals surface area contributed by atoms with E-state index in [4.69, 9.17) is 14.2 Å². The molecule has 0 atom stereocenters. The van der Waals surface area contributed by atoms with Crippen molar-refractivity contribution in [2.45, 2.75) is 6.42 Å². The van der Waals surface area contributed by atoms with Gasteiger partial charge in [-0.1, -0.05) is 0 Å². The SMILES string of the molecule is COc1ccc(-c2n[nH]c(CCNC(=O)c3cc(OC)cc(OC)c3)n2)cc1. The zero-order valence-electron chi connectivity index (χ0n) is 16.0. The molecule has 8 heteroatoms. The molecule has 0 unspecified atom stereocenters. The molecule has 0 fully saturated rings. The van der Waals surface area contributed by atoms with Crippen molar-refractivity contribution in [2.24, 2.45) is 0 Å². The molecule has 2 N–H and O–H groups in total. The second kappa shape index (κ2) is 8.90. The number of ether oxygens (including phenoxy) is 3. The molecule has 0 saturated heterocycles. The minimum atomic E-state index is -0.216. The first kappa shape index (κ1) is 19.2. The molecule has 3 rings (SSSR count). The molecule has 0 aliphatic rings. The van der Waals surface area contributed by atoms with Gasteiger partial charge in [0.1, 0.15) is 23.1 Å². The molecule has 0 bridgehead atoms. The fourth-order valence-corrected chi connectivity index (χ4v) is 2.61. The van der Waals surface area contributed by atoms with E-state index >= 15 is 0 Å². The van der Waals surface area contributed by atoms with Crippen LogP contribution in [0, 0.1) is 0 Å². The monoisotopic (exact) mass is 382 g/mol. The largest absolute Gasteiger partial charge is 0.497 e. The number of amides is 1. The van der Waals surface area contributed by atoms with Crippen molar-refractivity contribution in [1.82, 2.24) is 20.5 Å². The molecule has 0 aliphatic carbocycles. The molecule has 0 radical (unpaired) electrons. The standard InChI is InChI=1S/C20H22N4O4/c1-26-15-6-4-13(5-7-15)19-22-18(23-24-19)8-9-21-20(25)14-10-16(27-2)12-17(11-14)28-3/h4-7,10-12H,8-9H2,1-3H3,(H,21,25)(H,22,23,24). The number of carbonyl (C=O) groups is 1. The fourth-order valence-electron chi connectivity index (χ4n) is 2.61. The average Bonchev–Trinajstić information content (AvgIpc) is 3.22. The topological polar surface area (TPSA) is 98.4 Å². The smallest absolute Gasteiger partial charge is 0.251 e. The molecule has 0 saturated carbocycles. The van der Waals surface area contributed by atoms with E-state index in [1.807, 2.05) is 24.3 Å². The van der Waals surface area contributed by atoms with Crippen LogP contribution in [0.25, 0.3) is 11.4 Å². The van der Waals surface area contributed by atoms with Gasteiger partial charge in [0.15, 0.2) is 5.82 Å². The van der Waals surface area contributed by atoms with Gasteiger partial charge >= 0.3 is 0 Å². The molecular formula is C20H22N4O4. The summed E-state index contributed by atoms with van der Waals surface area (Å²) in [4.78, 5) is 16.8. The van der Waals surface area contributed by atoms with Gasteiger partial charge in [0, 0.05) is 30.2 Å². The molecule has 28 heavy (non-hydrogen) atoms. The minimum Gasteiger partial charge on any atom is -0.497 e. The number of nitrogens with one attached hydrogen (secondary N) is 2. The first-order valence-corrected chi connectivity index (χ1v) is 8.70. The predicted octanol–water partition coefficient (Wildman–Crippen LogP) is 2.47. The van der Waals surface area contributed by atoms with Gasteiger partial charge in [-0.15, -0.1) is 0 Å². The lowest BCUT2D eigenvalue weighted by Crippen LogP contribution is -2.26. The number of aromatic amines is 1. The van der Waals surface area contributed by atoms with E-state index in [1.165, 1.54) is 0 Å². The second-order valence-corrected chi connectivity index (χ2v) is 5.94. The van der Waals surface area contributed by atoms with Crippen LogP contribution < -0.4 is 19.5 Å². The van der Waals surface area contributed by atoms with Gasteiger partial charge in [0.2, 0.25) is 0 Å². The van der Waals surface area contributed by atoms with Crippen LogP contribution in [-0.4, -0.2) is 49.0 Å². The number of aromatic nitrogens is 3. The average molecular weight is 382 g/mol. The van der Waals surface area contributed by atoms with Crippen molar-refractivity contribution in [3.63, 3.8) is 0 Å². The Morgan fingerprint density at radius 3 is 2.21 bits per heavy atom. The minimum absolute atomic E-state index is 0.216. The number of H-pyrrole nitrogens is 1. The molecular weight excluding hydrogens is 360 g/mol. The predicted molar refractivity (Wildman–Crippen MR) is 104 cm³/mol.